The highest BCUT2D eigenvalue weighted by molar-refractivity contribution is 5.75. The van der Waals surface area contributed by atoms with Crippen LogP contribution >= 0.6 is 0 Å². The third-order valence-corrected chi connectivity index (χ3v) is 7.21. The second-order valence-electron chi connectivity index (χ2n) is 11.0. The molecule has 2 nitrogen and oxygen atoms in total. The van der Waals surface area contributed by atoms with Gasteiger partial charge >= 0.3 is 0 Å². The average Bonchev–Trinajstić information content (AvgIpc) is 3.41. The molecular formula is C36H36N2. The van der Waals surface area contributed by atoms with Crippen molar-refractivity contribution in [3.8, 4) is 33.6 Å². The molecule has 2 heteroatoms. The maximum Gasteiger partial charge on any atom is 0.0705 e. The summed E-state index contributed by atoms with van der Waals surface area (Å²) in [5.74, 6) is 0. The first-order valence-electron chi connectivity index (χ1n) is 13.4. The van der Waals surface area contributed by atoms with Crippen molar-refractivity contribution in [2.45, 2.75) is 46.0 Å². The molecule has 5 aromatic rings. The Hall–Kier alpha value is -4.17. The van der Waals surface area contributed by atoms with E-state index in [1.807, 2.05) is 6.20 Å². The quantitative estimate of drug-likeness (QED) is 0.219. The Kier molecular flexibility index (Phi) is 7.15. The van der Waals surface area contributed by atoms with E-state index in [0.717, 1.165) is 29.8 Å². The fraction of sp³-hybridized carbons (Fsp3) is 0.194. The van der Waals surface area contributed by atoms with Gasteiger partial charge in [-0.1, -0.05) is 113 Å². The molecule has 2 aromatic heterocycles. The zero-order valence-corrected chi connectivity index (χ0v) is 22.9. The molecule has 0 radical (unpaired) electrons. The SMILES string of the molecule is C=C(Cc1ccccc1-c1ccc(CC)cn1)n1cc(C(C)(C)C)cc1-c1cccc(-c2ccccc2)c1. The maximum absolute atomic E-state index is 4.76. The van der Waals surface area contributed by atoms with Crippen molar-refractivity contribution < 1.29 is 0 Å². The summed E-state index contributed by atoms with van der Waals surface area (Å²) in [6, 6.07) is 34.6. The van der Waals surface area contributed by atoms with E-state index < -0.39 is 0 Å². The summed E-state index contributed by atoms with van der Waals surface area (Å²) in [7, 11) is 0. The molecule has 0 aliphatic rings. The van der Waals surface area contributed by atoms with Crippen LogP contribution in [0.2, 0.25) is 0 Å². The molecule has 0 unspecified atom stereocenters. The highest BCUT2D eigenvalue weighted by atomic mass is 15.0. The van der Waals surface area contributed by atoms with Crippen LogP contribution in [0.25, 0.3) is 39.3 Å². The fourth-order valence-corrected chi connectivity index (χ4v) is 4.87. The van der Waals surface area contributed by atoms with Crippen molar-refractivity contribution in [2.24, 2.45) is 0 Å². The third-order valence-electron chi connectivity index (χ3n) is 7.21. The molecule has 0 atom stereocenters. The monoisotopic (exact) mass is 496 g/mol. The van der Waals surface area contributed by atoms with Gasteiger partial charge in [0.25, 0.3) is 0 Å². The lowest BCUT2D eigenvalue weighted by molar-refractivity contribution is 0.590. The van der Waals surface area contributed by atoms with Crippen LogP contribution in [0.1, 0.15) is 44.4 Å². The number of allylic oxidation sites excluding steroid dienone is 1. The van der Waals surface area contributed by atoms with Gasteiger partial charge in [-0.3, -0.25) is 4.98 Å². The second-order valence-corrected chi connectivity index (χ2v) is 11.0. The van der Waals surface area contributed by atoms with E-state index in [4.69, 9.17) is 4.98 Å². The number of benzene rings is 3. The number of pyridine rings is 1. The standard InChI is InChI=1S/C36H36N2/c1-6-27-19-20-34(37-24-27)33-18-11-10-15-30(33)21-26(2)38-25-32(36(3,4)5)23-35(38)31-17-12-16-29(22-31)28-13-8-7-9-14-28/h7-20,22-25H,2,6,21H2,1,3-5H3. The van der Waals surface area contributed by atoms with E-state index in [1.165, 1.54) is 39.1 Å². The van der Waals surface area contributed by atoms with Gasteiger partial charge in [0, 0.05) is 30.1 Å². The zero-order valence-electron chi connectivity index (χ0n) is 22.9. The Balaban J connectivity index is 1.54. The van der Waals surface area contributed by atoms with Gasteiger partial charge in [0.15, 0.2) is 0 Å². The summed E-state index contributed by atoms with van der Waals surface area (Å²) in [6.45, 7) is 13.5. The molecule has 0 bridgehead atoms. The Morgan fingerprint density at radius 1 is 0.789 bits per heavy atom. The fourth-order valence-electron chi connectivity index (χ4n) is 4.87. The molecule has 2 heterocycles. The summed E-state index contributed by atoms with van der Waals surface area (Å²) in [6.07, 6.45) is 5.98. The largest absolute Gasteiger partial charge is 0.320 e. The van der Waals surface area contributed by atoms with Crippen LogP contribution in [0.5, 0.6) is 0 Å². The maximum atomic E-state index is 4.76. The van der Waals surface area contributed by atoms with E-state index in [2.05, 4.69) is 142 Å². The highest BCUT2D eigenvalue weighted by Crippen LogP contribution is 2.35. The number of aromatic nitrogens is 2. The summed E-state index contributed by atoms with van der Waals surface area (Å²) < 4.78 is 2.29. The van der Waals surface area contributed by atoms with Crippen molar-refractivity contribution in [3.05, 3.63) is 133 Å². The first-order valence-corrected chi connectivity index (χ1v) is 13.4. The van der Waals surface area contributed by atoms with Crippen LogP contribution in [0, 0.1) is 0 Å². The van der Waals surface area contributed by atoms with Gasteiger partial charge in [-0.25, -0.2) is 0 Å². The van der Waals surface area contributed by atoms with Gasteiger partial charge in [-0.2, -0.15) is 0 Å². The van der Waals surface area contributed by atoms with E-state index in [1.54, 1.807) is 0 Å². The molecular weight excluding hydrogens is 460 g/mol. The molecule has 0 saturated heterocycles. The molecule has 0 aliphatic carbocycles. The third kappa shape index (κ3) is 5.40. The van der Waals surface area contributed by atoms with Gasteiger partial charge in [0.1, 0.15) is 0 Å². The highest BCUT2D eigenvalue weighted by Gasteiger charge is 2.20. The van der Waals surface area contributed by atoms with Gasteiger partial charge in [0.05, 0.1) is 11.4 Å². The van der Waals surface area contributed by atoms with Gasteiger partial charge < -0.3 is 4.57 Å². The van der Waals surface area contributed by atoms with E-state index in [0.29, 0.717) is 0 Å². The predicted octanol–water partition coefficient (Wildman–Crippen LogP) is 9.46. The zero-order chi connectivity index (χ0) is 26.7. The number of aryl methyl sites for hydroxylation is 1. The van der Waals surface area contributed by atoms with Crippen LogP contribution in [0.3, 0.4) is 0 Å². The molecule has 0 amide bonds. The normalized spacial score (nSPS) is 11.5. The Labute approximate surface area is 227 Å². The van der Waals surface area contributed by atoms with Crippen molar-refractivity contribution in [3.63, 3.8) is 0 Å². The first kappa shape index (κ1) is 25.5. The molecule has 0 aliphatic heterocycles. The first-order chi connectivity index (χ1) is 18.3. The van der Waals surface area contributed by atoms with Crippen molar-refractivity contribution in [1.29, 1.82) is 0 Å². The molecule has 38 heavy (non-hydrogen) atoms. The molecule has 190 valence electrons. The topological polar surface area (TPSA) is 17.8 Å². The number of hydrogen-bond donors (Lipinski definition) is 0. The minimum absolute atomic E-state index is 0.0279. The minimum Gasteiger partial charge on any atom is -0.320 e. The molecule has 0 fully saturated rings. The van der Waals surface area contributed by atoms with Crippen molar-refractivity contribution in [1.82, 2.24) is 9.55 Å². The second kappa shape index (κ2) is 10.7. The van der Waals surface area contributed by atoms with Crippen LogP contribution in [0.15, 0.2) is 116 Å². The predicted molar refractivity (Wildman–Crippen MR) is 162 cm³/mol. The van der Waals surface area contributed by atoms with Crippen molar-refractivity contribution >= 4 is 5.70 Å². The summed E-state index contributed by atoms with van der Waals surface area (Å²) >= 11 is 0. The molecule has 0 saturated carbocycles. The van der Waals surface area contributed by atoms with E-state index in [-0.39, 0.29) is 5.41 Å². The van der Waals surface area contributed by atoms with Gasteiger partial charge in [-0.05, 0) is 63.4 Å². The molecule has 3 aromatic carbocycles. The van der Waals surface area contributed by atoms with Gasteiger partial charge in [-0.15, -0.1) is 0 Å². The number of rotatable bonds is 7. The van der Waals surface area contributed by atoms with Crippen LogP contribution in [-0.2, 0) is 18.3 Å². The smallest absolute Gasteiger partial charge is 0.0705 e. The lowest BCUT2D eigenvalue weighted by Gasteiger charge is -2.17. The minimum atomic E-state index is 0.0279. The Morgan fingerprint density at radius 3 is 2.21 bits per heavy atom. The van der Waals surface area contributed by atoms with E-state index >= 15 is 0 Å². The van der Waals surface area contributed by atoms with Crippen LogP contribution in [-0.4, -0.2) is 9.55 Å². The average molecular weight is 497 g/mol. The number of nitrogens with zero attached hydrogens (tertiary/aromatic N) is 2. The number of hydrogen-bond acceptors (Lipinski definition) is 1. The lowest BCUT2D eigenvalue weighted by Crippen LogP contribution is -2.09. The summed E-state index contributed by atoms with van der Waals surface area (Å²) in [5, 5.41) is 0. The molecule has 0 N–H and O–H groups in total. The van der Waals surface area contributed by atoms with Crippen LogP contribution in [0.4, 0.5) is 0 Å². The van der Waals surface area contributed by atoms with Gasteiger partial charge in [0.2, 0.25) is 0 Å². The van der Waals surface area contributed by atoms with E-state index in [9.17, 15) is 0 Å². The van der Waals surface area contributed by atoms with Crippen molar-refractivity contribution in [2.75, 3.05) is 0 Å². The lowest BCUT2D eigenvalue weighted by atomic mass is 9.89. The summed E-state index contributed by atoms with van der Waals surface area (Å²) in [4.78, 5) is 4.76. The molecule has 5 rings (SSSR count). The van der Waals surface area contributed by atoms with Crippen LogP contribution < -0.4 is 0 Å². The molecule has 0 spiro atoms. The Morgan fingerprint density at radius 2 is 1.50 bits per heavy atom. The summed E-state index contributed by atoms with van der Waals surface area (Å²) in [5.41, 5.74) is 11.8. The Bertz CT molecular complexity index is 1550.